The molecule has 2 rings (SSSR count). The molecular weight excluding hydrogens is 254 g/mol. The lowest BCUT2D eigenvalue weighted by atomic mass is 10.00. The number of para-hydroxylation sites is 1. The molecule has 0 bridgehead atoms. The largest absolute Gasteiger partial charge is 0.494 e. The number of nitrogens with one attached hydrogen (secondary N) is 1. The molecule has 1 heterocycles. The summed E-state index contributed by atoms with van der Waals surface area (Å²) in [5.41, 5.74) is 2.53. The normalized spacial score (nSPS) is 12.3. The molecule has 2 nitrogen and oxygen atoms in total. The summed E-state index contributed by atoms with van der Waals surface area (Å²) in [4.78, 5) is 0. The van der Waals surface area contributed by atoms with Crippen LogP contribution in [0.4, 0.5) is 0 Å². The van der Waals surface area contributed by atoms with E-state index >= 15 is 0 Å². The van der Waals surface area contributed by atoms with Crippen LogP contribution in [0.5, 0.6) is 5.75 Å². The third kappa shape index (κ3) is 3.58. The molecule has 19 heavy (non-hydrogen) atoms. The molecule has 1 unspecified atom stereocenters. The highest BCUT2D eigenvalue weighted by molar-refractivity contribution is 7.08. The van der Waals surface area contributed by atoms with Gasteiger partial charge < -0.3 is 10.1 Å². The predicted octanol–water partition coefficient (Wildman–Crippen LogP) is 4.24. The SMILES string of the molecule is CCCNC(c1ccsc1)c1ccccc1OCC. The fourth-order valence-electron chi connectivity index (χ4n) is 2.14. The van der Waals surface area contributed by atoms with E-state index in [4.69, 9.17) is 4.74 Å². The highest BCUT2D eigenvalue weighted by atomic mass is 32.1. The van der Waals surface area contributed by atoms with Gasteiger partial charge in [-0.1, -0.05) is 25.1 Å². The summed E-state index contributed by atoms with van der Waals surface area (Å²) in [5, 5.41) is 7.94. The zero-order chi connectivity index (χ0) is 13.5. The molecule has 0 aliphatic rings. The van der Waals surface area contributed by atoms with E-state index in [0.717, 1.165) is 18.7 Å². The standard InChI is InChI=1S/C16H21NOS/c1-3-10-17-16(13-9-11-19-12-13)14-7-5-6-8-15(14)18-4-2/h5-9,11-12,16-17H,3-4,10H2,1-2H3. The Bertz CT molecular complexity index is 481. The fraction of sp³-hybridized carbons (Fsp3) is 0.375. The van der Waals surface area contributed by atoms with Crippen LogP contribution in [-0.4, -0.2) is 13.2 Å². The fourth-order valence-corrected chi connectivity index (χ4v) is 2.83. The Morgan fingerprint density at radius 2 is 2.05 bits per heavy atom. The molecule has 3 heteroatoms. The number of benzene rings is 1. The predicted molar refractivity (Wildman–Crippen MR) is 82.1 cm³/mol. The van der Waals surface area contributed by atoms with E-state index < -0.39 is 0 Å². The number of rotatable bonds is 7. The first-order valence-electron chi connectivity index (χ1n) is 6.84. The van der Waals surface area contributed by atoms with E-state index in [1.54, 1.807) is 11.3 Å². The van der Waals surface area contributed by atoms with E-state index in [0.29, 0.717) is 6.61 Å². The van der Waals surface area contributed by atoms with Crippen molar-refractivity contribution in [3.05, 3.63) is 52.2 Å². The molecule has 0 saturated heterocycles. The first kappa shape index (κ1) is 14.1. The average molecular weight is 275 g/mol. The Hall–Kier alpha value is -1.32. The van der Waals surface area contributed by atoms with Crippen LogP contribution >= 0.6 is 11.3 Å². The lowest BCUT2D eigenvalue weighted by Crippen LogP contribution is -2.23. The van der Waals surface area contributed by atoms with E-state index in [-0.39, 0.29) is 6.04 Å². The maximum Gasteiger partial charge on any atom is 0.124 e. The Morgan fingerprint density at radius 3 is 2.74 bits per heavy atom. The molecule has 0 radical (unpaired) electrons. The van der Waals surface area contributed by atoms with Gasteiger partial charge in [0.05, 0.1) is 12.6 Å². The van der Waals surface area contributed by atoms with E-state index in [9.17, 15) is 0 Å². The third-order valence-electron chi connectivity index (χ3n) is 3.00. The van der Waals surface area contributed by atoms with Crippen LogP contribution in [0, 0.1) is 0 Å². The van der Waals surface area contributed by atoms with Crippen molar-refractivity contribution >= 4 is 11.3 Å². The van der Waals surface area contributed by atoms with Crippen LogP contribution in [0.25, 0.3) is 0 Å². The first-order valence-corrected chi connectivity index (χ1v) is 7.78. The van der Waals surface area contributed by atoms with Crippen LogP contribution in [0.15, 0.2) is 41.1 Å². The van der Waals surface area contributed by atoms with Gasteiger partial charge in [-0.15, -0.1) is 0 Å². The summed E-state index contributed by atoms with van der Waals surface area (Å²) in [6.07, 6.45) is 1.12. The minimum atomic E-state index is 0.217. The van der Waals surface area contributed by atoms with Crippen LogP contribution in [0.3, 0.4) is 0 Å². The molecule has 1 aromatic carbocycles. The molecule has 0 aliphatic heterocycles. The Labute approximate surface area is 119 Å². The zero-order valence-electron chi connectivity index (χ0n) is 11.6. The number of thiophene rings is 1. The molecule has 1 atom stereocenters. The van der Waals surface area contributed by atoms with E-state index in [1.165, 1.54) is 11.1 Å². The third-order valence-corrected chi connectivity index (χ3v) is 3.71. The van der Waals surface area contributed by atoms with Crippen molar-refractivity contribution < 1.29 is 4.74 Å². The second kappa shape index (κ2) is 7.31. The van der Waals surface area contributed by atoms with Crippen LogP contribution in [-0.2, 0) is 0 Å². The van der Waals surface area contributed by atoms with Gasteiger partial charge in [0, 0.05) is 5.56 Å². The summed E-state index contributed by atoms with van der Waals surface area (Å²) in [6, 6.07) is 10.7. The summed E-state index contributed by atoms with van der Waals surface area (Å²) >= 11 is 1.73. The molecule has 0 fully saturated rings. The first-order chi connectivity index (χ1) is 9.36. The smallest absolute Gasteiger partial charge is 0.124 e. The van der Waals surface area contributed by atoms with Crippen molar-refractivity contribution in [2.75, 3.05) is 13.2 Å². The topological polar surface area (TPSA) is 21.3 Å². The lowest BCUT2D eigenvalue weighted by molar-refractivity contribution is 0.333. The van der Waals surface area contributed by atoms with Crippen LogP contribution in [0.1, 0.15) is 37.4 Å². The Kier molecular flexibility index (Phi) is 5.43. The van der Waals surface area contributed by atoms with Gasteiger partial charge in [0.1, 0.15) is 5.75 Å². The van der Waals surface area contributed by atoms with Gasteiger partial charge in [-0.3, -0.25) is 0 Å². The van der Waals surface area contributed by atoms with Crippen molar-refractivity contribution in [3.8, 4) is 5.75 Å². The van der Waals surface area contributed by atoms with E-state index in [1.807, 2.05) is 19.1 Å². The number of hydrogen-bond acceptors (Lipinski definition) is 3. The van der Waals surface area contributed by atoms with Crippen LogP contribution in [0.2, 0.25) is 0 Å². The minimum absolute atomic E-state index is 0.217. The maximum absolute atomic E-state index is 5.76. The van der Waals surface area contributed by atoms with Crippen molar-refractivity contribution in [3.63, 3.8) is 0 Å². The van der Waals surface area contributed by atoms with Gasteiger partial charge in [0.15, 0.2) is 0 Å². The summed E-state index contributed by atoms with van der Waals surface area (Å²) < 4.78 is 5.76. The molecule has 1 N–H and O–H groups in total. The molecule has 0 saturated carbocycles. The Morgan fingerprint density at radius 1 is 1.21 bits per heavy atom. The van der Waals surface area contributed by atoms with Gasteiger partial charge in [-0.25, -0.2) is 0 Å². The maximum atomic E-state index is 5.76. The molecule has 102 valence electrons. The average Bonchev–Trinajstić information content (AvgIpc) is 2.95. The van der Waals surface area contributed by atoms with Crippen molar-refractivity contribution in [1.29, 1.82) is 0 Å². The minimum Gasteiger partial charge on any atom is -0.494 e. The second-order valence-electron chi connectivity index (χ2n) is 4.41. The number of hydrogen-bond donors (Lipinski definition) is 1. The molecule has 2 aromatic rings. The summed E-state index contributed by atoms with van der Waals surface area (Å²) in [6.45, 7) is 5.91. The van der Waals surface area contributed by atoms with Gasteiger partial charge in [-0.2, -0.15) is 11.3 Å². The van der Waals surface area contributed by atoms with Crippen LogP contribution < -0.4 is 10.1 Å². The summed E-state index contributed by atoms with van der Waals surface area (Å²) in [7, 11) is 0. The Balaban J connectivity index is 2.32. The van der Waals surface area contributed by atoms with E-state index in [2.05, 4.69) is 41.2 Å². The quantitative estimate of drug-likeness (QED) is 0.816. The zero-order valence-corrected chi connectivity index (χ0v) is 12.4. The molecule has 1 aromatic heterocycles. The molecular formula is C16H21NOS. The summed E-state index contributed by atoms with van der Waals surface area (Å²) in [5.74, 6) is 0.977. The van der Waals surface area contributed by atoms with Gasteiger partial charge in [0.2, 0.25) is 0 Å². The van der Waals surface area contributed by atoms with Gasteiger partial charge in [0.25, 0.3) is 0 Å². The lowest BCUT2D eigenvalue weighted by Gasteiger charge is -2.21. The number of ether oxygens (including phenoxy) is 1. The molecule has 0 amide bonds. The monoisotopic (exact) mass is 275 g/mol. The van der Waals surface area contributed by atoms with Crippen molar-refractivity contribution in [2.45, 2.75) is 26.3 Å². The highest BCUT2D eigenvalue weighted by Crippen LogP contribution is 2.31. The van der Waals surface area contributed by atoms with Gasteiger partial charge >= 0.3 is 0 Å². The molecule has 0 spiro atoms. The second-order valence-corrected chi connectivity index (χ2v) is 5.19. The van der Waals surface area contributed by atoms with Crippen molar-refractivity contribution in [2.24, 2.45) is 0 Å². The molecule has 0 aliphatic carbocycles. The van der Waals surface area contributed by atoms with Crippen molar-refractivity contribution in [1.82, 2.24) is 5.32 Å². The van der Waals surface area contributed by atoms with Gasteiger partial charge in [-0.05, 0) is 48.3 Å². The highest BCUT2D eigenvalue weighted by Gasteiger charge is 2.17.